The molecule has 1 aliphatic rings. The zero-order valence-corrected chi connectivity index (χ0v) is 11.2. The van der Waals surface area contributed by atoms with Gasteiger partial charge in [-0.3, -0.25) is 4.68 Å². The minimum atomic E-state index is -0.624. The SMILES string of the molecule is CCCCN1CCC(O)(Cn2ccc(N)n2)CC1. The molecule has 5 heteroatoms. The van der Waals surface area contributed by atoms with Crippen molar-refractivity contribution in [1.82, 2.24) is 14.7 Å². The van der Waals surface area contributed by atoms with E-state index in [4.69, 9.17) is 5.73 Å². The summed E-state index contributed by atoms with van der Waals surface area (Å²) in [4.78, 5) is 2.44. The van der Waals surface area contributed by atoms with Crippen LogP contribution in [0.25, 0.3) is 0 Å². The molecule has 1 saturated heterocycles. The van der Waals surface area contributed by atoms with Gasteiger partial charge >= 0.3 is 0 Å². The molecular formula is C13H24N4O. The predicted molar refractivity (Wildman–Crippen MR) is 72.2 cm³/mol. The Morgan fingerprint density at radius 2 is 2.17 bits per heavy atom. The maximum Gasteiger partial charge on any atom is 0.145 e. The van der Waals surface area contributed by atoms with Gasteiger partial charge in [0.15, 0.2) is 0 Å². The lowest BCUT2D eigenvalue weighted by Crippen LogP contribution is -2.47. The summed E-state index contributed by atoms with van der Waals surface area (Å²) in [6, 6.07) is 1.76. The minimum Gasteiger partial charge on any atom is -0.388 e. The number of rotatable bonds is 5. The van der Waals surface area contributed by atoms with E-state index < -0.39 is 5.60 Å². The van der Waals surface area contributed by atoms with E-state index in [1.165, 1.54) is 12.8 Å². The molecule has 0 spiro atoms. The molecule has 0 radical (unpaired) electrons. The third-order valence-electron chi connectivity index (χ3n) is 3.73. The van der Waals surface area contributed by atoms with Crippen molar-refractivity contribution in [3.8, 4) is 0 Å². The lowest BCUT2D eigenvalue weighted by Gasteiger charge is -2.38. The van der Waals surface area contributed by atoms with E-state index >= 15 is 0 Å². The largest absolute Gasteiger partial charge is 0.388 e. The first-order valence-corrected chi connectivity index (χ1v) is 6.85. The third-order valence-corrected chi connectivity index (χ3v) is 3.73. The van der Waals surface area contributed by atoms with Gasteiger partial charge in [-0.05, 0) is 31.9 Å². The number of piperidine rings is 1. The third kappa shape index (κ3) is 3.46. The molecule has 1 aromatic rings. The molecule has 2 heterocycles. The second-order valence-electron chi connectivity index (χ2n) is 5.36. The Balaban J connectivity index is 1.83. The van der Waals surface area contributed by atoms with Gasteiger partial charge in [0.2, 0.25) is 0 Å². The average Bonchev–Trinajstić information content (AvgIpc) is 2.74. The van der Waals surface area contributed by atoms with Crippen LogP contribution >= 0.6 is 0 Å². The van der Waals surface area contributed by atoms with Gasteiger partial charge in [-0.1, -0.05) is 13.3 Å². The summed E-state index contributed by atoms with van der Waals surface area (Å²) < 4.78 is 1.75. The molecule has 3 N–H and O–H groups in total. The summed E-state index contributed by atoms with van der Waals surface area (Å²) in [5.74, 6) is 0.513. The second kappa shape index (κ2) is 5.71. The molecule has 0 aromatic carbocycles. The second-order valence-corrected chi connectivity index (χ2v) is 5.36. The Kier molecular flexibility index (Phi) is 4.24. The molecule has 1 aromatic heterocycles. The van der Waals surface area contributed by atoms with Crippen LogP contribution in [0.5, 0.6) is 0 Å². The molecule has 1 fully saturated rings. The Morgan fingerprint density at radius 3 is 2.72 bits per heavy atom. The zero-order chi connectivity index (χ0) is 13.0. The number of likely N-dealkylation sites (tertiary alicyclic amines) is 1. The molecule has 0 saturated carbocycles. The first-order chi connectivity index (χ1) is 8.61. The lowest BCUT2D eigenvalue weighted by atomic mass is 9.91. The van der Waals surface area contributed by atoms with Gasteiger partial charge in [0, 0.05) is 19.3 Å². The predicted octanol–water partition coefficient (Wildman–Crippen LogP) is 1.09. The van der Waals surface area contributed by atoms with Gasteiger partial charge in [-0.15, -0.1) is 0 Å². The van der Waals surface area contributed by atoms with E-state index in [1.807, 2.05) is 6.20 Å². The summed E-state index contributed by atoms with van der Waals surface area (Å²) in [6.07, 6.45) is 5.94. The van der Waals surface area contributed by atoms with Crippen LogP contribution < -0.4 is 5.73 Å². The van der Waals surface area contributed by atoms with E-state index in [0.29, 0.717) is 12.4 Å². The Morgan fingerprint density at radius 1 is 1.44 bits per heavy atom. The van der Waals surface area contributed by atoms with Crippen molar-refractivity contribution in [2.24, 2.45) is 0 Å². The number of aliphatic hydroxyl groups is 1. The van der Waals surface area contributed by atoms with Crippen molar-refractivity contribution >= 4 is 5.82 Å². The van der Waals surface area contributed by atoms with E-state index in [-0.39, 0.29) is 0 Å². The molecule has 0 aliphatic carbocycles. The summed E-state index contributed by atoms with van der Waals surface area (Å²) in [5.41, 5.74) is 4.96. The number of unbranched alkanes of at least 4 members (excludes halogenated alkanes) is 1. The van der Waals surface area contributed by atoms with E-state index in [9.17, 15) is 5.11 Å². The number of nitrogens with zero attached hydrogens (tertiary/aromatic N) is 3. The van der Waals surface area contributed by atoms with Crippen LogP contribution in [0.1, 0.15) is 32.6 Å². The summed E-state index contributed by atoms with van der Waals surface area (Å²) in [6.45, 7) is 5.87. The fourth-order valence-electron chi connectivity index (χ4n) is 2.50. The molecule has 0 unspecified atom stereocenters. The number of nitrogens with two attached hydrogens (primary N) is 1. The summed E-state index contributed by atoms with van der Waals surface area (Å²) in [7, 11) is 0. The van der Waals surface area contributed by atoms with Crippen molar-refractivity contribution < 1.29 is 5.11 Å². The molecule has 18 heavy (non-hydrogen) atoms. The van der Waals surface area contributed by atoms with Gasteiger partial charge in [-0.2, -0.15) is 5.10 Å². The van der Waals surface area contributed by atoms with Crippen LogP contribution in [0.3, 0.4) is 0 Å². The fraction of sp³-hybridized carbons (Fsp3) is 0.769. The quantitative estimate of drug-likeness (QED) is 0.823. The molecule has 0 atom stereocenters. The monoisotopic (exact) mass is 252 g/mol. The number of aromatic nitrogens is 2. The van der Waals surface area contributed by atoms with Gasteiger partial charge in [0.1, 0.15) is 5.82 Å². The molecule has 1 aliphatic heterocycles. The standard InChI is InChI=1S/C13H24N4O/c1-2-3-7-16-9-5-13(18,6-10-16)11-17-8-4-12(14)15-17/h4,8,18H,2-3,5-7,9-11H2,1H3,(H2,14,15). The van der Waals surface area contributed by atoms with Crippen LogP contribution in [0.15, 0.2) is 12.3 Å². The summed E-state index contributed by atoms with van der Waals surface area (Å²) >= 11 is 0. The van der Waals surface area contributed by atoms with Crippen LogP contribution in [-0.4, -0.2) is 45.0 Å². The number of nitrogen functional groups attached to an aromatic ring is 1. The normalized spacial score (nSPS) is 20.1. The van der Waals surface area contributed by atoms with Gasteiger partial charge < -0.3 is 15.7 Å². The van der Waals surface area contributed by atoms with Crippen LogP contribution in [0.2, 0.25) is 0 Å². The van der Waals surface area contributed by atoms with Crippen molar-refractivity contribution in [3.63, 3.8) is 0 Å². The highest BCUT2D eigenvalue weighted by molar-refractivity contribution is 5.23. The molecule has 2 rings (SSSR count). The molecule has 102 valence electrons. The Hall–Kier alpha value is -1.07. The first kappa shape index (κ1) is 13.4. The zero-order valence-electron chi connectivity index (χ0n) is 11.2. The molecule has 5 nitrogen and oxygen atoms in total. The molecular weight excluding hydrogens is 228 g/mol. The van der Waals surface area contributed by atoms with Crippen molar-refractivity contribution in [2.75, 3.05) is 25.4 Å². The first-order valence-electron chi connectivity index (χ1n) is 6.85. The van der Waals surface area contributed by atoms with Crippen LogP contribution in [-0.2, 0) is 6.54 Å². The minimum absolute atomic E-state index is 0.513. The van der Waals surface area contributed by atoms with Crippen molar-refractivity contribution in [3.05, 3.63) is 12.3 Å². The smallest absolute Gasteiger partial charge is 0.145 e. The van der Waals surface area contributed by atoms with Crippen molar-refractivity contribution in [2.45, 2.75) is 44.8 Å². The fourth-order valence-corrected chi connectivity index (χ4v) is 2.50. The maximum atomic E-state index is 10.5. The Bertz CT molecular complexity index is 369. The highest BCUT2D eigenvalue weighted by Gasteiger charge is 2.32. The summed E-state index contributed by atoms with van der Waals surface area (Å²) in [5, 5.41) is 14.7. The van der Waals surface area contributed by atoms with Gasteiger partial charge in [-0.25, -0.2) is 0 Å². The molecule has 0 amide bonds. The van der Waals surface area contributed by atoms with Crippen LogP contribution in [0, 0.1) is 0 Å². The topological polar surface area (TPSA) is 67.3 Å². The van der Waals surface area contributed by atoms with Gasteiger partial charge in [0.05, 0.1) is 12.1 Å². The van der Waals surface area contributed by atoms with E-state index in [0.717, 1.165) is 32.5 Å². The van der Waals surface area contributed by atoms with Gasteiger partial charge in [0.25, 0.3) is 0 Å². The maximum absolute atomic E-state index is 10.5. The highest BCUT2D eigenvalue weighted by Crippen LogP contribution is 2.24. The van der Waals surface area contributed by atoms with Crippen molar-refractivity contribution in [1.29, 1.82) is 0 Å². The number of hydrogen-bond acceptors (Lipinski definition) is 4. The number of hydrogen-bond donors (Lipinski definition) is 2. The highest BCUT2D eigenvalue weighted by atomic mass is 16.3. The van der Waals surface area contributed by atoms with E-state index in [2.05, 4.69) is 16.9 Å². The van der Waals surface area contributed by atoms with Crippen LogP contribution in [0.4, 0.5) is 5.82 Å². The lowest BCUT2D eigenvalue weighted by molar-refractivity contribution is -0.0364. The molecule has 0 bridgehead atoms. The average molecular weight is 252 g/mol. The van der Waals surface area contributed by atoms with E-state index in [1.54, 1.807) is 10.7 Å². The Labute approximate surface area is 109 Å². The number of anilines is 1.